The number of alkyl halides is 3. The number of aromatic nitrogens is 3. The largest absolute Gasteiger partial charge is 0.419 e. The number of piperidine rings is 1. The Morgan fingerprint density at radius 3 is 2.82 bits per heavy atom. The average Bonchev–Trinajstić information content (AvgIpc) is 2.71. The van der Waals surface area contributed by atoms with E-state index >= 15 is 0 Å². The Kier molecular flexibility index (Phi) is 6.27. The Hall–Kier alpha value is -2.91. The molecule has 1 atom stereocenters. The van der Waals surface area contributed by atoms with Crippen LogP contribution in [0.4, 0.5) is 24.8 Å². The molecule has 2 N–H and O–H groups in total. The summed E-state index contributed by atoms with van der Waals surface area (Å²) in [6.07, 6.45) is 2.82. The second kappa shape index (κ2) is 8.85. The Bertz CT molecular complexity index is 786. The Morgan fingerprint density at radius 1 is 1.21 bits per heavy atom. The summed E-state index contributed by atoms with van der Waals surface area (Å²) in [7, 11) is 0. The lowest BCUT2D eigenvalue weighted by molar-refractivity contribution is -0.137. The van der Waals surface area contributed by atoms with E-state index in [1.165, 1.54) is 12.3 Å². The van der Waals surface area contributed by atoms with Crippen LogP contribution >= 0.6 is 0 Å². The van der Waals surface area contributed by atoms with Gasteiger partial charge in [0.05, 0.1) is 17.7 Å². The van der Waals surface area contributed by atoms with E-state index < -0.39 is 11.7 Å². The third-order valence-electron chi connectivity index (χ3n) is 4.48. The van der Waals surface area contributed by atoms with Crippen LogP contribution in [0, 0.1) is 5.92 Å². The number of hydrogen-bond acceptors (Lipinski definition) is 6. The van der Waals surface area contributed by atoms with Crippen LogP contribution in [-0.4, -0.2) is 47.0 Å². The average molecular weight is 394 g/mol. The smallest absolute Gasteiger partial charge is 0.367 e. The molecule has 28 heavy (non-hydrogen) atoms. The molecule has 2 aromatic heterocycles. The summed E-state index contributed by atoms with van der Waals surface area (Å²) in [6, 6.07) is 2.29. The van der Waals surface area contributed by atoms with Crippen LogP contribution in [0.3, 0.4) is 0 Å². The first kappa shape index (κ1) is 19.8. The van der Waals surface area contributed by atoms with E-state index in [0.29, 0.717) is 38.3 Å². The van der Waals surface area contributed by atoms with E-state index in [-0.39, 0.29) is 24.2 Å². The molecule has 1 aliphatic heterocycles. The summed E-state index contributed by atoms with van der Waals surface area (Å²) in [6.45, 7) is 1.50. The van der Waals surface area contributed by atoms with Crippen molar-refractivity contribution in [3.63, 3.8) is 0 Å². The van der Waals surface area contributed by atoms with Gasteiger partial charge in [0, 0.05) is 44.8 Å². The number of halogens is 3. The first-order valence-corrected chi connectivity index (χ1v) is 9.00. The van der Waals surface area contributed by atoms with Gasteiger partial charge in [-0.1, -0.05) is 0 Å². The van der Waals surface area contributed by atoms with Crippen molar-refractivity contribution in [1.82, 2.24) is 20.3 Å². The second-order valence-corrected chi connectivity index (χ2v) is 6.47. The number of rotatable bonds is 6. The molecule has 0 radical (unpaired) electrons. The summed E-state index contributed by atoms with van der Waals surface area (Å²) >= 11 is 0. The lowest BCUT2D eigenvalue weighted by Gasteiger charge is -2.34. The zero-order valence-corrected chi connectivity index (χ0v) is 15.1. The standard InChI is InChI=1S/C18H21F3N6O/c19-18(20,21)14-4-1-5-25-16(14)27-10-2-3-13(12-27)17(28)26-9-8-24-15-11-22-6-7-23-15/h1,4-7,11,13H,2-3,8-10,12H2,(H,23,24)(H,26,28). The SMILES string of the molecule is O=C(NCCNc1cnccn1)C1CCCN(c2ncccc2C(F)(F)F)C1. The van der Waals surface area contributed by atoms with Gasteiger partial charge in [-0.25, -0.2) is 9.97 Å². The van der Waals surface area contributed by atoms with Crippen LogP contribution < -0.4 is 15.5 Å². The summed E-state index contributed by atoms with van der Waals surface area (Å²) in [5, 5.41) is 5.85. The fourth-order valence-electron chi connectivity index (χ4n) is 3.16. The number of pyridine rings is 1. The van der Waals surface area contributed by atoms with Crippen molar-refractivity contribution in [2.24, 2.45) is 5.92 Å². The minimum atomic E-state index is -4.48. The highest BCUT2D eigenvalue weighted by molar-refractivity contribution is 5.79. The molecule has 0 saturated carbocycles. The van der Waals surface area contributed by atoms with E-state index in [1.807, 2.05) is 0 Å². The Balaban J connectivity index is 1.54. The maximum Gasteiger partial charge on any atom is 0.419 e. The topological polar surface area (TPSA) is 83.0 Å². The molecule has 150 valence electrons. The third-order valence-corrected chi connectivity index (χ3v) is 4.48. The molecule has 3 heterocycles. The van der Waals surface area contributed by atoms with E-state index in [0.717, 1.165) is 6.07 Å². The minimum absolute atomic E-state index is 0.114. The number of anilines is 2. The molecule has 10 heteroatoms. The van der Waals surface area contributed by atoms with Gasteiger partial charge < -0.3 is 15.5 Å². The molecular weight excluding hydrogens is 373 g/mol. The van der Waals surface area contributed by atoms with Crippen LogP contribution in [0.25, 0.3) is 0 Å². The van der Waals surface area contributed by atoms with E-state index in [2.05, 4.69) is 25.6 Å². The summed E-state index contributed by atoms with van der Waals surface area (Å²) in [5.41, 5.74) is -0.774. The number of amides is 1. The van der Waals surface area contributed by atoms with Crippen molar-refractivity contribution in [3.8, 4) is 0 Å². The van der Waals surface area contributed by atoms with Crippen LogP contribution in [-0.2, 0) is 11.0 Å². The highest BCUT2D eigenvalue weighted by Gasteiger charge is 2.37. The summed E-state index contributed by atoms with van der Waals surface area (Å²) in [5.74, 6) is -0.0595. The van der Waals surface area contributed by atoms with Crippen molar-refractivity contribution in [3.05, 3.63) is 42.5 Å². The zero-order valence-electron chi connectivity index (χ0n) is 15.1. The molecule has 2 aromatic rings. The number of nitrogens with zero attached hydrogens (tertiary/aromatic N) is 4. The Morgan fingerprint density at radius 2 is 2.07 bits per heavy atom. The molecule has 0 bridgehead atoms. The molecule has 3 rings (SSSR count). The number of hydrogen-bond donors (Lipinski definition) is 2. The van der Waals surface area contributed by atoms with Gasteiger partial charge in [0.1, 0.15) is 11.6 Å². The molecule has 7 nitrogen and oxygen atoms in total. The van der Waals surface area contributed by atoms with Gasteiger partial charge in [-0.05, 0) is 25.0 Å². The van der Waals surface area contributed by atoms with Crippen LogP contribution in [0.15, 0.2) is 36.9 Å². The van der Waals surface area contributed by atoms with Gasteiger partial charge in [0.2, 0.25) is 5.91 Å². The highest BCUT2D eigenvalue weighted by atomic mass is 19.4. The number of carbonyl (C=O) groups is 1. The lowest BCUT2D eigenvalue weighted by Crippen LogP contribution is -2.44. The van der Waals surface area contributed by atoms with E-state index in [1.54, 1.807) is 23.5 Å². The highest BCUT2D eigenvalue weighted by Crippen LogP contribution is 2.36. The van der Waals surface area contributed by atoms with Crippen molar-refractivity contribution in [2.75, 3.05) is 36.4 Å². The van der Waals surface area contributed by atoms with Gasteiger partial charge in [-0.2, -0.15) is 13.2 Å². The fourth-order valence-corrected chi connectivity index (χ4v) is 3.16. The molecule has 1 amide bonds. The predicted molar refractivity (Wildman–Crippen MR) is 97.7 cm³/mol. The molecule has 1 saturated heterocycles. The van der Waals surface area contributed by atoms with Crippen molar-refractivity contribution in [1.29, 1.82) is 0 Å². The fraction of sp³-hybridized carbons (Fsp3) is 0.444. The molecule has 1 fully saturated rings. The maximum atomic E-state index is 13.2. The van der Waals surface area contributed by atoms with Gasteiger partial charge in [0.15, 0.2) is 0 Å². The van der Waals surface area contributed by atoms with Crippen molar-refractivity contribution < 1.29 is 18.0 Å². The first-order chi connectivity index (χ1) is 13.4. The Labute approximate surface area is 160 Å². The molecule has 0 aliphatic carbocycles. The molecule has 0 spiro atoms. The van der Waals surface area contributed by atoms with Crippen LogP contribution in [0.5, 0.6) is 0 Å². The number of carbonyl (C=O) groups excluding carboxylic acids is 1. The van der Waals surface area contributed by atoms with Gasteiger partial charge >= 0.3 is 6.18 Å². The van der Waals surface area contributed by atoms with Gasteiger partial charge in [-0.3, -0.25) is 9.78 Å². The zero-order chi connectivity index (χ0) is 20.0. The predicted octanol–water partition coefficient (Wildman–Crippen LogP) is 2.34. The normalized spacial score (nSPS) is 17.2. The van der Waals surface area contributed by atoms with Crippen molar-refractivity contribution >= 4 is 17.5 Å². The van der Waals surface area contributed by atoms with Gasteiger partial charge in [-0.15, -0.1) is 0 Å². The lowest BCUT2D eigenvalue weighted by atomic mass is 9.96. The van der Waals surface area contributed by atoms with E-state index in [4.69, 9.17) is 0 Å². The summed E-state index contributed by atoms with van der Waals surface area (Å²) < 4.78 is 39.7. The maximum absolute atomic E-state index is 13.2. The summed E-state index contributed by atoms with van der Waals surface area (Å²) in [4.78, 5) is 25.9. The monoisotopic (exact) mass is 394 g/mol. The third kappa shape index (κ3) is 5.08. The van der Waals surface area contributed by atoms with Crippen LogP contribution in [0.1, 0.15) is 18.4 Å². The quantitative estimate of drug-likeness (QED) is 0.732. The molecule has 0 aromatic carbocycles. The molecule has 1 unspecified atom stereocenters. The minimum Gasteiger partial charge on any atom is -0.367 e. The van der Waals surface area contributed by atoms with Gasteiger partial charge in [0.25, 0.3) is 0 Å². The van der Waals surface area contributed by atoms with E-state index in [9.17, 15) is 18.0 Å². The van der Waals surface area contributed by atoms with Crippen molar-refractivity contribution in [2.45, 2.75) is 19.0 Å². The molecular formula is C18H21F3N6O. The second-order valence-electron chi connectivity index (χ2n) is 6.47. The van der Waals surface area contributed by atoms with Crippen LogP contribution in [0.2, 0.25) is 0 Å². The molecule has 1 aliphatic rings. The number of nitrogens with one attached hydrogen (secondary N) is 2. The first-order valence-electron chi connectivity index (χ1n) is 9.00.